The molecule has 0 spiro atoms. The minimum atomic E-state index is -0.746. The monoisotopic (exact) mass is 426 g/mol. The first kappa shape index (κ1) is 18.3. The number of nitrogens with two attached hydrogens (primary N) is 1. The first-order chi connectivity index (χ1) is 13.9. The average Bonchev–Trinajstić information content (AvgIpc) is 2.94. The van der Waals surface area contributed by atoms with Gasteiger partial charge in [0.05, 0.1) is 22.2 Å². The van der Waals surface area contributed by atoms with Gasteiger partial charge in [0.1, 0.15) is 11.0 Å². The summed E-state index contributed by atoms with van der Waals surface area (Å²) in [4.78, 5) is 40.4. The van der Waals surface area contributed by atoms with Crippen molar-refractivity contribution in [2.75, 3.05) is 4.90 Å². The van der Waals surface area contributed by atoms with E-state index in [0.717, 1.165) is 22.2 Å². The number of nitrogens with zero attached hydrogens (tertiary/aromatic N) is 1. The molecule has 0 aromatic heterocycles. The summed E-state index contributed by atoms with van der Waals surface area (Å²) in [6.45, 7) is 1.84. The Labute approximate surface area is 175 Å². The highest BCUT2D eigenvalue weighted by atomic mass is 35.5. The van der Waals surface area contributed by atoms with Crippen LogP contribution in [0.25, 0.3) is 0 Å². The molecule has 1 fully saturated rings. The van der Waals surface area contributed by atoms with Gasteiger partial charge in [-0.25, -0.2) is 9.69 Å². The van der Waals surface area contributed by atoms with Crippen molar-refractivity contribution >= 4 is 46.8 Å². The van der Waals surface area contributed by atoms with Gasteiger partial charge in [-0.05, 0) is 30.7 Å². The molecule has 3 aliphatic heterocycles. The fourth-order valence-electron chi connectivity index (χ4n) is 4.18. The highest BCUT2D eigenvalue weighted by molar-refractivity contribution is 8.04. The van der Waals surface area contributed by atoms with Crippen molar-refractivity contribution in [2.45, 2.75) is 18.1 Å². The predicted octanol–water partition coefficient (Wildman–Crippen LogP) is 3.13. The van der Waals surface area contributed by atoms with Crippen LogP contribution in [0, 0.1) is 12.8 Å². The van der Waals surface area contributed by atoms with Crippen LogP contribution in [0.15, 0.2) is 53.1 Å². The number of fused-ring (bicyclic) bond motifs is 5. The van der Waals surface area contributed by atoms with E-state index in [1.807, 2.05) is 6.92 Å². The van der Waals surface area contributed by atoms with Crippen molar-refractivity contribution in [2.24, 2.45) is 11.7 Å². The van der Waals surface area contributed by atoms with Crippen LogP contribution in [-0.2, 0) is 14.4 Å². The van der Waals surface area contributed by atoms with Gasteiger partial charge >= 0.3 is 5.97 Å². The van der Waals surface area contributed by atoms with Crippen molar-refractivity contribution in [3.05, 3.63) is 69.2 Å². The number of thioether (sulfide) groups is 1. The number of hydrogen-bond donors (Lipinski definition) is 1. The maximum Gasteiger partial charge on any atom is 0.342 e. The van der Waals surface area contributed by atoms with E-state index < -0.39 is 23.1 Å². The SMILES string of the molecule is Cc1ccc(N2C(=O)[C@@H]3[C@@H]4C(=C(N)S[C@H]3C2=O)C(=O)Oc2ccccc24)cc1Cl. The smallest absolute Gasteiger partial charge is 0.342 e. The first-order valence-electron chi connectivity index (χ1n) is 9.00. The van der Waals surface area contributed by atoms with Crippen molar-refractivity contribution in [3.8, 4) is 5.75 Å². The molecule has 2 N–H and O–H groups in total. The summed E-state index contributed by atoms with van der Waals surface area (Å²) in [7, 11) is 0. The number of imide groups is 1. The number of aryl methyl sites for hydroxylation is 1. The molecule has 3 atom stereocenters. The normalized spacial score (nSPS) is 25.5. The molecule has 2 aromatic rings. The van der Waals surface area contributed by atoms with Crippen molar-refractivity contribution in [3.63, 3.8) is 0 Å². The van der Waals surface area contributed by atoms with Crippen molar-refractivity contribution in [1.82, 2.24) is 0 Å². The van der Waals surface area contributed by atoms with E-state index in [1.54, 1.807) is 42.5 Å². The minimum Gasteiger partial charge on any atom is -0.423 e. The Hall–Kier alpha value is -2.77. The van der Waals surface area contributed by atoms with Gasteiger partial charge in [-0.1, -0.05) is 47.6 Å². The number of halogens is 1. The lowest BCUT2D eigenvalue weighted by atomic mass is 9.77. The molecule has 2 amide bonds. The van der Waals surface area contributed by atoms with E-state index in [4.69, 9.17) is 22.1 Å². The Morgan fingerprint density at radius 1 is 1.10 bits per heavy atom. The zero-order valence-electron chi connectivity index (χ0n) is 15.2. The number of ether oxygens (including phenoxy) is 1. The molecule has 5 rings (SSSR count). The second-order valence-corrected chi connectivity index (χ2v) is 8.78. The van der Waals surface area contributed by atoms with Crippen LogP contribution < -0.4 is 15.4 Å². The fourth-order valence-corrected chi connectivity index (χ4v) is 5.59. The highest BCUT2D eigenvalue weighted by Crippen LogP contribution is 2.54. The van der Waals surface area contributed by atoms with Crippen LogP contribution in [0.2, 0.25) is 5.02 Å². The molecule has 3 aliphatic rings. The summed E-state index contributed by atoms with van der Waals surface area (Å²) in [5.74, 6) is -2.28. The third-order valence-corrected chi connectivity index (χ3v) is 7.21. The molecule has 0 radical (unpaired) electrons. The lowest BCUT2D eigenvalue weighted by molar-refractivity contribution is -0.131. The Kier molecular flexibility index (Phi) is 4.01. The van der Waals surface area contributed by atoms with Gasteiger partial charge in [0.25, 0.3) is 0 Å². The van der Waals surface area contributed by atoms with Gasteiger partial charge in [0, 0.05) is 16.5 Å². The molecular weight excluding hydrogens is 412 g/mol. The van der Waals surface area contributed by atoms with E-state index in [1.165, 1.54) is 0 Å². The highest BCUT2D eigenvalue weighted by Gasteiger charge is 2.58. The lowest BCUT2D eigenvalue weighted by Crippen LogP contribution is -2.39. The molecule has 8 heteroatoms. The Bertz CT molecular complexity index is 1150. The molecule has 146 valence electrons. The number of hydrogen-bond acceptors (Lipinski definition) is 6. The number of carbonyl (C=O) groups excluding carboxylic acids is 3. The molecule has 1 saturated heterocycles. The first-order valence-corrected chi connectivity index (χ1v) is 10.3. The predicted molar refractivity (Wildman–Crippen MR) is 110 cm³/mol. The zero-order valence-corrected chi connectivity index (χ0v) is 16.8. The van der Waals surface area contributed by atoms with Gasteiger partial charge < -0.3 is 10.5 Å². The Morgan fingerprint density at radius 2 is 1.86 bits per heavy atom. The quantitative estimate of drug-likeness (QED) is 0.428. The third kappa shape index (κ3) is 2.54. The summed E-state index contributed by atoms with van der Waals surface area (Å²) in [6.07, 6.45) is 0. The number of benzene rings is 2. The van der Waals surface area contributed by atoms with Gasteiger partial charge in [-0.15, -0.1) is 0 Å². The molecule has 0 unspecified atom stereocenters. The summed E-state index contributed by atoms with van der Waals surface area (Å²) in [6, 6.07) is 12.1. The minimum absolute atomic E-state index is 0.223. The van der Waals surface area contributed by atoms with Crippen molar-refractivity contribution < 1.29 is 19.1 Å². The van der Waals surface area contributed by atoms with Crippen molar-refractivity contribution in [1.29, 1.82) is 0 Å². The van der Waals surface area contributed by atoms with Gasteiger partial charge in [0.15, 0.2) is 0 Å². The van der Waals surface area contributed by atoms with Gasteiger partial charge in [0.2, 0.25) is 11.8 Å². The molecule has 0 aliphatic carbocycles. The number of carbonyl (C=O) groups is 3. The average molecular weight is 427 g/mol. The van der Waals surface area contributed by atoms with E-state index in [0.29, 0.717) is 22.0 Å². The Balaban J connectivity index is 1.65. The second kappa shape index (κ2) is 6.37. The number of amides is 2. The fraction of sp³-hybridized carbons (Fsp3) is 0.190. The summed E-state index contributed by atoms with van der Waals surface area (Å²) >= 11 is 7.27. The maximum atomic E-state index is 13.5. The number of esters is 1. The molecule has 0 bridgehead atoms. The molecule has 29 heavy (non-hydrogen) atoms. The standard InChI is InChI=1S/C21H15ClN2O4S/c1-9-6-7-10(8-12(9)22)24-19(25)15-14-11-4-2-3-5-13(11)28-21(27)16(14)18(23)29-17(15)20(24)26/h2-8,14-15,17H,23H2,1H3/t14-,15-,17-/m1/s1. The van der Waals surface area contributed by atoms with Crippen LogP contribution in [-0.4, -0.2) is 23.0 Å². The van der Waals surface area contributed by atoms with Gasteiger partial charge in [-0.3, -0.25) is 9.59 Å². The molecule has 3 heterocycles. The molecule has 0 saturated carbocycles. The van der Waals surface area contributed by atoms with E-state index in [2.05, 4.69) is 0 Å². The zero-order chi connectivity index (χ0) is 20.4. The largest absolute Gasteiger partial charge is 0.423 e. The van der Waals surface area contributed by atoms with Crippen LogP contribution in [0.5, 0.6) is 5.75 Å². The van der Waals surface area contributed by atoms with Crippen LogP contribution >= 0.6 is 23.4 Å². The molecule has 6 nitrogen and oxygen atoms in total. The van der Waals surface area contributed by atoms with Gasteiger partial charge in [-0.2, -0.15) is 0 Å². The van der Waals surface area contributed by atoms with E-state index in [-0.39, 0.29) is 22.4 Å². The molecule has 2 aromatic carbocycles. The maximum absolute atomic E-state index is 13.5. The van der Waals surface area contributed by atoms with Crippen LogP contribution in [0.4, 0.5) is 5.69 Å². The van der Waals surface area contributed by atoms with Crippen LogP contribution in [0.1, 0.15) is 17.0 Å². The summed E-state index contributed by atoms with van der Waals surface area (Å²) < 4.78 is 5.41. The third-order valence-electron chi connectivity index (χ3n) is 5.58. The van der Waals surface area contributed by atoms with Crippen LogP contribution in [0.3, 0.4) is 0 Å². The second-order valence-electron chi connectivity index (χ2n) is 7.19. The van der Waals surface area contributed by atoms with E-state index in [9.17, 15) is 14.4 Å². The summed E-state index contributed by atoms with van der Waals surface area (Å²) in [5, 5.41) is -0.0217. The number of para-hydroxylation sites is 1. The molecular formula is C21H15ClN2O4S. The Morgan fingerprint density at radius 3 is 2.62 bits per heavy atom. The lowest BCUT2D eigenvalue weighted by Gasteiger charge is -2.36. The number of rotatable bonds is 1. The van der Waals surface area contributed by atoms with E-state index >= 15 is 0 Å². The topological polar surface area (TPSA) is 89.7 Å². The summed E-state index contributed by atoms with van der Waals surface area (Å²) in [5.41, 5.74) is 8.36. The number of anilines is 1.